The molecular formula is C10H22. The average molecular weight is 142 g/mol. The molecule has 0 aliphatic carbocycles. The molecule has 0 aromatic carbocycles. The predicted molar refractivity (Wildman–Crippen MR) is 48.1 cm³/mol. The number of unbranched alkanes of at least 4 members (excludes halogenated alkanes) is 1. The van der Waals surface area contributed by atoms with Gasteiger partial charge in [0.1, 0.15) is 0 Å². The van der Waals surface area contributed by atoms with Gasteiger partial charge in [0.15, 0.2) is 0 Å². The molecule has 0 aliphatic rings. The maximum atomic E-state index is 2.34. The highest BCUT2D eigenvalue weighted by molar-refractivity contribution is 4.60. The summed E-state index contributed by atoms with van der Waals surface area (Å²) in [4.78, 5) is 0. The van der Waals surface area contributed by atoms with Gasteiger partial charge in [-0.2, -0.15) is 0 Å². The second-order valence-electron chi connectivity index (χ2n) is 3.55. The van der Waals surface area contributed by atoms with E-state index in [-0.39, 0.29) is 0 Å². The highest BCUT2D eigenvalue weighted by Gasteiger charge is 2.08. The lowest BCUT2D eigenvalue weighted by atomic mass is 9.89. The minimum Gasteiger partial charge on any atom is -0.0654 e. The lowest BCUT2D eigenvalue weighted by molar-refractivity contribution is 0.339. The first-order valence-electron chi connectivity index (χ1n) is 4.72. The van der Waals surface area contributed by atoms with E-state index in [1.807, 2.05) is 0 Å². The summed E-state index contributed by atoms with van der Waals surface area (Å²) >= 11 is 0. The zero-order chi connectivity index (χ0) is 7.98. The van der Waals surface area contributed by atoms with Gasteiger partial charge in [-0.1, -0.05) is 53.4 Å². The van der Waals surface area contributed by atoms with Crippen LogP contribution in [0.15, 0.2) is 0 Å². The van der Waals surface area contributed by atoms with E-state index in [9.17, 15) is 0 Å². The fourth-order valence-electron chi connectivity index (χ4n) is 1.48. The van der Waals surface area contributed by atoms with E-state index < -0.39 is 0 Å². The molecular weight excluding hydrogens is 120 g/mol. The van der Waals surface area contributed by atoms with Crippen LogP contribution in [0.4, 0.5) is 0 Å². The second-order valence-corrected chi connectivity index (χ2v) is 3.55. The third-order valence-corrected chi connectivity index (χ3v) is 2.40. The van der Waals surface area contributed by atoms with Gasteiger partial charge in [-0.05, 0) is 11.8 Å². The molecule has 0 N–H and O–H groups in total. The molecule has 0 heteroatoms. The average Bonchev–Trinajstić information content (AvgIpc) is 1.89. The first-order valence-corrected chi connectivity index (χ1v) is 4.72. The van der Waals surface area contributed by atoms with Crippen molar-refractivity contribution in [2.75, 3.05) is 0 Å². The summed E-state index contributed by atoms with van der Waals surface area (Å²) in [5.74, 6) is 1.86. The van der Waals surface area contributed by atoms with E-state index in [0.717, 1.165) is 11.8 Å². The largest absolute Gasteiger partial charge is 0.0654 e. The summed E-state index contributed by atoms with van der Waals surface area (Å²) in [6, 6.07) is 0. The number of hydrogen-bond acceptors (Lipinski definition) is 0. The molecule has 0 bridgehead atoms. The van der Waals surface area contributed by atoms with Gasteiger partial charge in [0.05, 0.1) is 0 Å². The summed E-state index contributed by atoms with van der Waals surface area (Å²) < 4.78 is 0. The second kappa shape index (κ2) is 5.76. The van der Waals surface area contributed by atoms with Crippen molar-refractivity contribution in [2.45, 2.75) is 53.4 Å². The lowest BCUT2D eigenvalue weighted by Crippen LogP contribution is -2.06. The van der Waals surface area contributed by atoms with Crippen molar-refractivity contribution < 1.29 is 0 Å². The molecule has 0 unspecified atom stereocenters. The maximum Gasteiger partial charge on any atom is -0.0394 e. The molecule has 0 aromatic heterocycles. The van der Waals surface area contributed by atoms with E-state index in [1.165, 1.54) is 25.7 Å². The van der Waals surface area contributed by atoms with Gasteiger partial charge in [-0.25, -0.2) is 0 Å². The van der Waals surface area contributed by atoms with Crippen LogP contribution in [0.3, 0.4) is 0 Å². The van der Waals surface area contributed by atoms with Crippen LogP contribution < -0.4 is 0 Å². The highest BCUT2D eigenvalue weighted by atomic mass is 14.1. The van der Waals surface area contributed by atoms with Gasteiger partial charge in [-0.3, -0.25) is 0 Å². The molecule has 0 heterocycles. The van der Waals surface area contributed by atoms with Crippen molar-refractivity contribution in [1.29, 1.82) is 0 Å². The van der Waals surface area contributed by atoms with Crippen LogP contribution in [0.1, 0.15) is 53.4 Å². The summed E-state index contributed by atoms with van der Waals surface area (Å²) in [5.41, 5.74) is 0. The van der Waals surface area contributed by atoms with Crippen LogP contribution in [0.2, 0.25) is 0 Å². The smallest absolute Gasteiger partial charge is 0.0394 e. The van der Waals surface area contributed by atoms with Crippen molar-refractivity contribution in [3.05, 3.63) is 0 Å². The van der Waals surface area contributed by atoms with E-state index in [0.29, 0.717) is 0 Å². The molecule has 0 saturated carbocycles. The third kappa shape index (κ3) is 3.92. The molecule has 0 aliphatic heterocycles. The van der Waals surface area contributed by atoms with E-state index in [4.69, 9.17) is 0 Å². The monoisotopic (exact) mass is 142 g/mol. The topological polar surface area (TPSA) is 0 Å². The van der Waals surface area contributed by atoms with E-state index in [1.54, 1.807) is 0 Å². The van der Waals surface area contributed by atoms with Crippen LogP contribution in [-0.2, 0) is 0 Å². The minimum atomic E-state index is 0.886. The highest BCUT2D eigenvalue weighted by Crippen LogP contribution is 2.20. The first kappa shape index (κ1) is 10.0. The fourth-order valence-corrected chi connectivity index (χ4v) is 1.48. The van der Waals surface area contributed by atoms with E-state index in [2.05, 4.69) is 27.7 Å². The summed E-state index contributed by atoms with van der Waals surface area (Å²) in [6.07, 6.45) is 5.56. The van der Waals surface area contributed by atoms with Gasteiger partial charge >= 0.3 is 0 Å². The molecule has 0 aromatic rings. The van der Waals surface area contributed by atoms with Crippen LogP contribution in [0, 0.1) is 11.8 Å². The Bertz CT molecular complexity index is 64.4. The molecule has 0 rings (SSSR count). The summed E-state index contributed by atoms with van der Waals surface area (Å²) in [7, 11) is 0. The standard InChI is InChI=1S/C10H22/c1-5-7-8-10(6-2)9(3)4/h9-10H,5-8H2,1-4H3/t10-/m1/s1. The molecule has 0 spiro atoms. The summed E-state index contributed by atoms with van der Waals surface area (Å²) in [6.45, 7) is 9.25. The van der Waals surface area contributed by atoms with Crippen molar-refractivity contribution in [1.82, 2.24) is 0 Å². The third-order valence-electron chi connectivity index (χ3n) is 2.40. The van der Waals surface area contributed by atoms with Crippen LogP contribution in [0.25, 0.3) is 0 Å². The fraction of sp³-hybridized carbons (Fsp3) is 1.00. The molecule has 10 heavy (non-hydrogen) atoms. The van der Waals surface area contributed by atoms with Crippen LogP contribution in [0.5, 0.6) is 0 Å². The van der Waals surface area contributed by atoms with Crippen molar-refractivity contribution >= 4 is 0 Å². The normalized spacial score (nSPS) is 14.1. The zero-order valence-electron chi connectivity index (χ0n) is 7.98. The van der Waals surface area contributed by atoms with Gasteiger partial charge in [0.2, 0.25) is 0 Å². The van der Waals surface area contributed by atoms with Crippen molar-refractivity contribution in [3.8, 4) is 0 Å². The Balaban J connectivity index is 3.40. The minimum absolute atomic E-state index is 0.886. The van der Waals surface area contributed by atoms with E-state index >= 15 is 0 Å². The van der Waals surface area contributed by atoms with Crippen molar-refractivity contribution in [3.63, 3.8) is 0 Å². The summed E-state index contributed by atoms with van der Waals surface area (Å²) in [5, 5.41) is 0. The van der Waals surface area contributed by atoms with Crippen LogP contribution >= 0.6 is 0 Å². The number of rotatable bonds is 5. The molecule has 0 saturated heterocycles. The Kier molecular flexibility index (Phi) is 5.76. The molecule has 0 radical (unpaired) electrons. The molecule has 0 amide bonds. The first-order chi connectivity index (χ1) is 4.72. The Morgan fingerprint density at radius 2 is 1.70 bits per heavy atom. The zero-order valence-corrected chi connectivity index (χ0v) is 7.98. The van der Waals surface area contributed by atoms with Gasteiger partial charge in [0.25, 0.3) is 0 Å². The molecule has 62 valence electrons. The molecule has 0 nitrogen and oxygen atoms in total. The SMILES string of the molecule is CCCC[C@@H](CC)C(C)C. The lowest BCUT2D eigenvalue weighted by Gasteiger charge is -2.17. The van der Waals surface area contributed by atoms with Crippen molar-refractivity contribution in [2.24, 2.45) is 11.8 Å². The quantitative estimate of drug-likeness (QED) is 0.547. The maximum absolute atomic E-state index is 2.34. The van der Waals surface area contributed by atoms with Crippen LogP contribution in [-0.4, -0.2) is 0 Å². The Hall–Kier alpha value is 0. The predicted octanol–water partition coefficient (Wildman–Crippen LogP) is 3.86. The van der Waals surface area contributed by atoms with Gasteiger partial charge in [0, 0.05) is 0 Å². The number of hydrogen-bond donors (Lipinski definition) is 0. The molecule has 0 fully saturated rings. The Morgan fingerprint density at radius 1 is 1.10 bits per heavy atom. The Labute approximate surface area is 66.0 Å². The Morgan fingerprint density at radius 3 is 2.00 bits per heavy atom. The van der Waals surface area contributed by atoms with Gasteiger partial charge in [-0.15, -0.1) is 0 Å². The molecule has 1 atom stereocenters. The van der Waals surface area contributed by atoms with Gasteiger partial charge < -0.3 is 0 Å².